The molecular formula is C12H12N6O2. The van der Waals surface area contributed by atoms with E-state index in [1.807, 2.05) is 12.1 Å². The van der Waals surface area contributed by atoms with E-state index in [0.717, 1.165) is 5.82 Å². The van der Waals surface area contributed by atoms with Crippen LogP contribution in [0.25, 0.3) is 11.5 Å². The summed E-state index contributed by atoms with van der Waals surface area (Å²) in [7, 11) is 0. The fourth-order valence-corrected chi connectivity index (χ4v) is 1.79. The number of nitrogens with zero attached hydrogens (tertiary/aromatic N) is 5. The van der Waals surface area contributed by atoms with E-state index in [9.17, 15) is 4.79 Å². The molecule has 0 aromatic carbocycles. The fraction of sp³-hybridized carbons (Fsp3) is 0.167. The number of ether oxygens (including phenoxy) is 1. The Kier molecular flexibility index (Phi) is 3.04. The second-order valence-corrected chi connectivity index (χ2v) is 3.90. The predicted molar refractivity (Wildman–Crippen MR) is 70.8 cm³/mol. The summed E-state index contributed by atoms with van der Waals surface area (Å²) in [6.45, 7) is 2.02. The molecule has 3 heterocycles. The second-order valence-electron chi connectivity index (χ2n) is 3.90. The number of fused-ring (bicyclic) bond motifs is 1. The van der Waals surface area contributed by atoms with Gasteiger partial charge in [0.2, 0.25) is 0 Å². The first-order valence-corrected chi connectivity index (χ1v) is 6.06. The maximum atomic E-state index is 11.4. The number of carbonyl (C=O) groups excluding carboxylic acids is 1. The first-order chi connectivity index (χ1) is 9.78. The largest absolute Gasteiger partial charge is 0.450 e. The van der Waals surface area contributed by atoms with Crippen LogP contribution in [-0.2, 0) is 4.74 Å². The van der Waals surface area contributed by atoms with Gasteiger partial charge in [-0.05, 0) is 19.1 Å². The highest BCUT2D eigenvalue weighted by Crippen LogP contribution is 2.12. The van der Waals surface area contributed by atoms with Crippen LogP contribution in [0.3, 0.4) is 0 Å². The highest BCUT2D eigenvalue weighted by molar-refractivity contribution is 5.82. The van der Waals surface area contributed by atoms with E-state index in [1.54, 1.807) is 40.8 Å². The van der Waals surface area contributed by atoms with Gasteiger partial charge in [0.15, 0.2) is 5.65 Å². The standard InChI is InChI=1S/C12H12N6O2/c1-2-20-12(19)15-11-14-9-4-3-5-10(18(9)16-11)17-7-6-13-8-17/h3-8H,2H2,1H3,(H,15,16,19). The third kappa shape index (κ3) is 2.18. The summed E-state index contributed by atoms with van der Waals surface area (Å²) >= 11 is 0. The Balaban J connectivity index is 1.99. The van der Waals surface area contributed by atoms with Crippen molar-refractivity contribution in [3.05, 3.63) is 36.9 Å². The molecule has 0 fully saturated rings. The van der Waals surface area contributed by atoms with Gasteiger partial charge in [-0.15, -0.1) is 5.10 Å². The third-order valence-corrected chi connectivity index (χ3v) is 2.60. The van der Waals surface area contributed by atoms with Gasteiger partial charge >= 0.3 is 6.09 Å². The van der Waals surface area contributed by atoms with Gasteiger partial charge in [0.25, 0.3) is 5.95 Å². The Hall–Kier alpha value is -2.90. The summed E-state index contributed by atoms with van der Waals surface area (Å²) in [6, 6.07) is 5.52. The Labute approximate surface area is 114 Å². The van der Waals surface area contributed by atoms with Crippen molar-refractivity contribution in [1.29, 1.82) is 0 Å². The van der Waals surface area contributed by atoms with Crippen molar-refractivity contribution >= 4 is 17.7 Å². The van der Waals surface area contributed by atoms with Gasteiger partial charge in [-0.3, -0.25) is 9.88 Å². The average Bonchev–Trinajstić information content (AvgIpc) is 3.06. The zero-order chi connectivity index (χ0) is 13.9. The zero-order valence-corrected chi connectivity index (χ0v) is 10.7. The highest BCUT2D eigenvalue weighted by Gasteiger charge is 2.10. The van der Waals surface area contributed by atoms with Crippen molar-refractivity contribution in [2.45, 2.75) is 6.92 Å². The Morgan fingerprint density at radius 3 is 3.10 bits per heavy atom. The van der Waals surface area contributed by atoms with Crippen molar-refractivity contribution in [1.82, 2.24) is 24.1 Å². The molecule has 0 radical (unpaired) electrons. The fourth-order valence-electron chi connectivity index (χ4n) is 1.79. The van der Waals surface area contributed by atoms with Crippen molar-refractivity contribution < 1.29 is 9.53 Å². The van der Waals surface area contributed by atoms with Crippen molar-refractivity contribution in [3.8, 4) is 5.82 Å². The molecule has 0 atom stereocenters. The minimum atomic E-state index is -0.576. The van der Waals surface area contributed by atoms with E-state index < -0.39 is 6.09 Å². The summed E-state index contributed by atoms with van der Waals surface area (Å²) in [6.07, 6.45) is 4.56. The van der Waals surface area contributed by atoms with Crippen LogP contribution < -0.4 is 5.32 Å². The quantitative estimate of drug-likeness (QED) is 0.780. The number of imidazole rings is 1. The van der Waals surface area contributed by atoms with E-state index in [-0.39, 0.29) is 5.95 Å². The second kappa shape index (κ2) is 5.00. The van der Waals surface area contributed by atoms with E-state index >= 15 is 0 Å². The number of carbonyl (C=O) groups is 1. The van der Waals surface area contributed by atoms with Gasteiger partial charge in [0.05, 0.1) is 6.61 Å². The lowest BCUT2D eigenvalue weighted by Gasteiger charge is -2.03. The molecule has 102 valence electrons. The summed E-state index contributed by atoms with van der Waals surface area (Å²) in [4.78, 5) is 19.6. The summed E-state index contributed by atoms with van der Waals surface area (Å²) in [5, 5.41) is 6.71. The van der Waals surface area contributed by atoms with Crippen molar-refractivity contribution in [3.63, 3.8) is 0 Å². The van der Waals surface area contributed by atoms with Gasteiger partial charge in [-0.25, -0.2) is 9.78 Å². The first kappa shape index (κ1) is 12.2. The van der Waals surface area contributed by atoms with Crippen LogP contribution in [0.5, 0.6) is 0 Å². The normalized spacial score (nSPS) is 10.7. The molecule has 3 aromatic heterocycles. The molecule has 3 rings (SSSR count). The van der Waals surface area contributed by atoms with E-state index in [4.69, 9.17) is 4.74 Å². The minimum absolute atomic E-state index is 0.191. The highest BCUT2D eigenvalue weighted by atomic mass is 16.5. The van der Waals surface area contributed by atoms with Crippen molar-refractivity contribution in [2.24, 2.45) is 0 Å². The summed E-state index contributed by atoms with van der Waals surface area (Å²) in [5.74, 6) is 0.959. The van der Waals surface area contributed by atoms with E-state index in [1.165, 1.54) is 0 Å². The van der Waals surface area contributed by atoms with Gasteiger partial charge in [-0.2, -0.15) is 9.50 Å². The van der Waals surface area contributed by atoms with Crippen LogP contribution in [0.15, 0.2) is 36.9 Å². The van der Waals surface area contributed by atoms with Crippen LogP contribution in [-0.4, -0.2) is 36.8 Å². The van der Waals surface area contributed by atoms with E-state index in [0.29, 0.717) is 12.3 Å². The Morgan fingerprint density at radius 2 is 2.35 bits per heavy atom. The van der Waals surface area contributed by atoms with Gasteiger partial charge in [0, 0.05) is 12.4 Å². The molecule has 0 aliphatic rings. The number of pyridine rings is 1. The first-order valence-electron chi connectivity index (χ1n) is 6.06. The predicted octanol–water partition coefficient (Wildman–Crippen LogP) is 1.48. The molecule has 0 unspecified atom stereocenters. The molecule has 0 spiro atoms. The third-order valence-electron chi connectivity index (χ3n) is 2.60. The maximum Gasteiger partial charge on any atom is 0.414 e. The van der Waals surface area contributed by atoms with Crippen LogP contribution in [0.4, 0.5) is 10.7 Å². The number of aromatic nitrogens is 5. The molecule has 0 bridgehead atoms. The molecule has 8 heteroatoms. The lowest BCUT2D eigenvalue weighted by atomic mass is 10.4. The van der Waals surface area contributed by atoms with Crippen LogP contribution in [0.1, 0.15) is 6.92 Å². The number of hydrogen-bond acceptors (Lipinski definition) is 5. The van der Waals surface area contributed by atoms with Gasteiger partial charge < -0.3 is 4.74 Å². The molecule has 0 aliphatic carbocycles. The molecule has 3 aromatic rings. The number of rotatable bonds is 3. The molecule has 0 aliphatic heterocycles. The smallest absolute Gasteiger partial charge is 0.414 e. The Morgan fingerprint density at radius 1 is 1.45 bits per heavy atom. The monoisotopic (exact) mass is 272 g/mol. The number of amides is 1. The van der Waals surface area contributed by atoms with Crippen LogP contribution in [0, 0.1) is 0 Å². The molecule has 8 nitrogen and oxygen atoms in total. The lowest BCUT2D eigenvalue weighted by Crippen LogP contribution is -2.14. The lowest BCUT2D eigenvalue weighted by molar-refractivity contribution is 0.167. The number of nitrogens with one attached hydrogen (secondary N) is 1. The van der Waals surface area contributed by atoms with Gasteiger partial charge in [-0.1, -0.05) is 6.07 Å². The van der Waals surface area contributed by atoms with Crippen molar-refractivity contribution in [2.75, 3.05) is 11.9 Å². The maximum absolute atomic E-state index is 11.4. The zero-order valence-electron chi connectivity index (χ0n) is 10.7. The number of hydrogen-bond donors (Lipinski definition) is 1. The summed E-state index contributed by atoms with van der Waals surface area (Å²) in [5.41, 5.74) is 0.614. The number of anilines is 1. The molecule has 20 heavy (non-hydrogen) atoms. The molecular weight excluding hydrogens is 260 g/mol. The Bertz CT molecular complexity index is 734. The van der Waals surface area contributed by atoms with Gasteiger partial charge in [0.1, 0.15) is 12.1 Å². The van der Waals surface area contributed by atoms with E-state index in [2.05, 4.69) is 20.4 Å². The summed E-state index contributed by atoms with van der Waals surface area (Å²) < 4.78 is 8.21. The molecule has 1 amide bonds. The van der Waals surface area contributed by atoms with Crippen LogP contribution in [0.2, 0.25) is 0 Å². The molecule has 0 saturated carbocycles. The minimum Gasteiger partial charge on any atom is -0.450 e. The van der Waals surface area contributed by atoms with Crippen LogP contribution >= 0.6 is 0 Å². The molecule has 0 saturated heterocycles. The molecule has 1 N–H and O–H groups in total. The average molecular weight is 272 g/mol. The SMILES string of the molecule is CCOC(=O)Nc1nc2cccc(-n3ccnc3)n2n1. The topological polar surface area (TPSA) is 86.3 Å².